The Labute approximate surface area is 146 Å². The van der Waals surface area contributed by atoms with Crippen molar-refractivity contribution in [1.29, 1.82) is 0 Å². The molecule has 0 unspecified atom stereocenters. The molecule has 0 spiro atoms. The summed E-state index contributed by atoms with van der Waals surface area (Å²) < 4.78 is 14.1. The number of aromatic nitrogens is 2. The number of nitrogens with one attached hydrogen (secondary N) is 1. The summed E-state index contributed by atoms with van der Waals surface area (Å²) >= 11 is 6.72. The minimum atomic E-state index is -0.215. The Kier molecular flexibility index (Phi) is 4.69. The molecule has 3 rings (SSSR count). The van der Waals surface area contributed by atoms with Crippen molar-refractivity contribution in [3.05, 3.63) is 87.5 Å². The van der Waals surface area contributed by atoms with Gasteiger partial charge in [0.05, 0.1) is 17.4 Å². The lowest BCUT2D eigenvalue weighted by Crippen LogP contribution is -2.20. The summed E-state index contributed by atoms with van der Waals surface area (Å²) in [6.07, 6.45) is 4.87. The zero-order valence-electron chi connectivity index (χ0n) is 12.5. The Hall–Kier alpha value is -2.57. The number of fused-ring (bicyclic) bond motifs is 1. The van der Waals surface area contributed by atoms with Gasteiger partial charge in [0.15, 0.2) is 4.77 Å². The highest BCUT2D eigenvalue weighted by atomic mass is 32.1. The van der Waals surface area contributed by atoms with Crippen LogP contribution in [0.15, 0.2) is 71.6 Å². The summed E-state index contributed by atoms with van der Waals surface area (Å²) in [6.45, 7) is 3.74. The van der Waals surface area contributed by atoms with Crippen molar-refractivity contribution in [3.8, 4) is 5.69 Å². The maximum absolute atomic E-state index is 13.1. The van der Waals surface area contributed by atoms with Gasteiger partial charge in [0.2, 0.25) is 0 Å². The van der Waals surface area contributed by atoms with Crippen molar-refractivity contribution in [2.75, 3.05) is 0 Å². The van der Waals surface area contributed by atoms with Crippen molar-refractivity contribution in [2.24, 2.45) is 0 Å². The fraction of sp³-hybridized carbons (Fsp3) is 0. The number of aromatic amines is 1. The number of para-hydroxylation sites is 1. The zero-order valence-corrected chi connectivity index (χ0v) is 14.2. The Balaban J connectivity index is 2.36. The van der Waals surface area contributed by atoms with Gasteiger partial charge in [-0.25, -0.2) is 4.39 Å². The Morgan fingerprint density at radius 2 is 2.08 bits per heavy atom. The highest BCUT2D eigenvalue weighted by molar-refractivity contribution is 7.71. The number of hydrogen-bond donors (Lipinski definition) is 1. The minimum absolute atomic E-state index is 0.215. The maximum Gasteiger partial charge on any atom is 0.268 e. The highest BCUT2D eigenvalue weighted by Crippen LogP contribution is 2.28. The molecule has 0 saturated carbocycles. The summed E-state index contributed by atoms with van der Waals surface area (Å²) in [4.78, 5) is 16.8. The third-order valence-electron chi connectivity index (χ3n) is 3.53. The number of hydrogen-bond acceptors (Lipinski definition) is 3. The normalized spacial score (nSPS) is 12.1. The fourth-order valence-corrected chi connectivity index (χ4v) is 3.77. The van der Waals surface area contributed by atoms with Crippen LogP contribution in [-0.4, -0.2) is 9.55 Å². The van der Waals surface area contributed by atoms with Crippen LogP contribution in [0.25, 0.3) is 21.5 Å². The van der Waals surface area contributed by atoms with Crippen LogP contribution in [0.1, 0.15) is 5.56 Å². The first-order chi connectivity index (χ1) is 11.7. The number of halogens is 1. The van der Waals surface area contributed by atoms with Gasteiger partial charge < -0.3 is 4.98 Å². The molecule has 3 nitrogen and oxygen atoms in total. The van der Waals surface area contributed by atoms with Gasteiger partial charge in [-0.2, -0.15) is 0 Å². The average Bonchev–Trinajstić information content (AvgIpc) is 3.00. The van der Waals surface area contributed by atoms with Crippen LogP contribution in [0.2, 0.25) is 0 Å². The summed E-state index contributed by atoms with van der Waals surface area (Å²) in [5, 5.41) is 2.35. The quantitative estimate of drug-likeness (QED) is 0.518. The van der Waals surface area contributed by atoms with Gasteiger partial charge in [-0.15, -0.1) is 11.3 Å². The van der Waals surface area contributed by atoms with E-state index in [4.69, 9.17) is 12.2 Å². The third kappa shape index (κ3) is 2.81. The largest absolute Gasteiger partial charge is 0.323 e. The molecule has 0 aliphatic carbocycles. The van der Waals surface area contributed by atoms with E-state index in [0.717, 1.165) is 0 Å². The van der Waals surface area contributed by atoms with Crippen molar-refractivity contribution < 1.29 is 4.39 Å². The lowest BCUT2D eigenvalue weighted by Gasteiger charge is -2.07. The molecule has 24 heavy (non-hydrogen) atoms. The average molecular weight is 356 g/mol. The number of rotatable bonds is 4. The second kappa shape index (κ2) is 6.90. The monoisotopic (exact) mass is 356 g/mol. The fourth-order valence-electron chi connectivity index (χ4n) is 2.45. The van der Waals surface area contributed by atoms with E-state index in [0.29, 0.717) is 38.1 Å². The van der Waals surface area contributed by atoms with E-state index in [-0.39, 0.29) is 5.56 Å². The molecule has 0 aliphatic heterocycles. The van der Waals surface area contributed by atoms with E-state index in [1.165, 1.54) is 22.0 Å². The topological polar surface area (TPSA) is 37.8 Å². The van der Waals surface area contributed by atoms with Gasteiger partial charge in [0, 0.05) is 10.9 Å². The molecular weight excluding hydrogens is 343 g/mol. The van der Waals surface area contributed by atoms with Crippen molar-refractivity contribution in [1.82, 2.24) is 9.55 Å². The van der Waals surface area contributed by atoms with Crippen LogP contribution in [0.5, 0.6) is 0 Å². The number of nitrogens with zero attached hydrogens (tertiary/aromatic N) is 1. The van der Waals surface area contributed by atoms with E-state index in [1.54, 1.807) is 12.2 Å². The second-order valence-corrected chi connectivity index (χ2v) is 6.17. The Bertz CT molecular complexity index is 1070. The molecule has 0 fully saturated rings. The second-order valence-electron chi connectivity index (χ2n) is 4.90. The van der Waals surface area contributed by atoms with Gasteiger partial charge in [0.1, 0.15) is 4.83 Å². The molecule has 0 radical (unpaired) electrons. The molecule has 1 N–H and O–H groups in total. The van der Waals surface area contributed by atoms with Crippen LogP contribution in [0.4, 0.5) is 4.39 Å². The van der Waals surface area contributed by atoms with Crippen LogP contribution >= 0.6 is 23.6 Å². The van der Waals surface area contributed by atoms with Crippen LogP contribution in [0, 0.1) is 4.77 Å². The number of allylic oxidation sites excluding steroid dienone is 4. The lowest BCUT2D eigenvalue weighted by atomic mass is 10.1. The third-order valence-corrected chi connectivity index (χ3v) is 4.71. The minimum Gasteiger partial charge on any atom is -0.323 e. The summed E-state index contributed by atoms with van der Waals surface area (Å²) in [6, 6.07) is 9.20. The van der Waals surface area contributed by atoms with Crippen molar-refractivity contribution >= 4 is 39.3 Å². The van der Waals surface area contributed by atoms with Crippen molar-refractivity contribution in [3.63, 3.8) is 0 Å². The first-order valence-corrected chi connectivity index (χ1v) is 8.38. The summed E-state index contributed by atoms with van der Waals surface area (Å²) in [5.74, 6) is 0. The summed E-state index contributed by atoms with van der Waals surface area (Å²) in [7, 11) is 0. The molecule has 2 heterocycles. The Morgan fingerprint density at radius 3 is 2.75 bits per heavy atom. The zero-order chi connectivity index (χ0) is 17.1. The predicted octanol–water partition coefficient (Wildman–Crippen LogP) is 5.16. The molecule has 0 bridgehead atoms. The molecule has 0 aliphatic rings. The molecule has 0 saturated heterocycles. The van der Waals surface area contributed by atoms with E-state index in [9.17, 15) is 9.18 Å². The predicted molar refractivity (Wildman–Crippen MR) is 101 cm³/mol. The number of benzene rings is 1. The molecule has 1 aromatic carbocycles. The first-order valence-electron chi connectivity index (χ1n) is 7.09. The van der Waals surface area contributed by atoms with Crippen molar-refractivity contribution in [2.45, 2.75) is 0 Å². The van der Waals surface area contributed by atoms with Gasteiger partial charge in [-0.3, -0.25) is 9.36 Å². The van der Waals surface area contributed by atoms with Crippen LogP contribution in [-0.2, 0) is 0 Å². The van der Waals surface area contributed by atoms with E-state index < -0.39 is 0 Å². The molecule has 0 atom stereocenters. The van der Waals surface area contributed by atoms with Gasteiger partial charge in [-0.1, -0.05) is 36.9 Å². The lowest BCUT2D eigenvalue weighted by molar-refractivity contribution is 0.721. The Morgan fingerprint density at radius 1 is 1.33 bits per heavy atom. The van der Waals surface area contributed by atoms with E-state index >= 15 is 0 Å². The number of thiophene rings is 1. The molecule has 120 valence electrons. The van der Waals surface area contributed by atoms with Gasteiger partial charge in [0.25, 0.3) is 5.56 Å². The molecule has 6 heteroatoms. The van der Waals surface area contributed by atoms with E-state index in [1.807, 2.05) is 35.7 Å². The maximum atomic E-state index is 13.1. The highest BCUT2D eigenvalue weighted by Gasteiger charge is 2.14. The SMILES string of the molecule is C=C/C(=C\C=C\F)c1csc2[nH]c(=S)n(-c3ccccc3)c(=O)c12. The van der Waals surface area contributed by atoms with Gasteiger partial charge >= 0.3 is 0 Å². The molecular formula is C18H13FN2OS2. The first kappa shape index (κ1) is 16.3. The van der Waals surface area contributed by atoms with Crippen LogP contribution < -0.4 is 5.56 Å². The smallest absolute Gasteiger partial charge is 0.268 e. The molecule has 2 aromatic heterocycles. The van der Waals surface area contributed by atoms with E-state index in [2.05, 4.69) is 11.6 Å². The van der Waals surface area contributed by atoms with Crippen LogP contribution in [0.3, 0.4) is 0 Å². The molecule has 0 amide bonds. The standard InChI is InChI=1S/C18H13FN2OS2/c1-2-12(7-6-10-19)14-11-24-16-15(14)17(22)21(18(23)20-16)13-8-4-3-5-9-13/h2-11H,1H2,(H,20,23)/b10-6+,12-7+. The number of H-pyrrole nitrogens is 1. The van der Waals surface area contributed by atoms with Gasteiger partial charge in [-0.05, 0) is 36.0 Å². The summed E-state index contributed by atoms with van der Waals surface area (Å²) in [5.41, 5.74) is 1.84. The molecule has 3 aromatic rings.